The van der Waals surface area contributed by atoms with E-state index in [0.29, 0.717) is 16.8 Å². The van der Waals surface area contributed by atoms with E-state index in [1.165, 1.54) is 31.4 Å². The number of esters is 1. The number of aliphatic hydroxyl groups is 1. The fraction of sp³-hybridized carbons (Fsp3) is 0.409. The van der Waals surface area contributed by atoms with Crippen molar-refractivity contribution in [3.63, 3.8) is 0 Å². The molecular weight excluding hydrogens is 391 g/mol. The summed E-state index contributed by atoms with van der Waals surface area (Å²) in [7, 11) is 1.27. The Morgan fingerprint density at radius 3 is 2.50 bits per heavy atom. The number of carbonyl (C=O) groups excluding carboxylic acids is 2. The number of pyridine rings is 1. The Kier molecular flexibility index (Phi) is 5.19. The average molecular weight is 414 g/mol. The zero-order chi connectivity index (χ0) is 21.6. The number of aromatic nitrogens is 1. The highest BCUT2D eigenvalue weighted by molar-refractivity contribution is 5.81. The van der Waals surface area contributed by atoms with Crippen molar-refractivity contribution >= 4 is 11.9 Å². The monoisotopic (exact) mass is 414 g/mol. The number of ether oxygens (including phenoxy) is 1. The lowest BCUT2D eigenvalue weighted by molar-refractivity contribution is -0.148. The molecule has 7 nitrogen and oxygen atoms in total. The van der Waals surface area contributed by atoms with Gasteiger partial charge in [0, 0.05) is 36.7 Å². The van der Waals surface area contributed by atoms with Gasteiger partial charge in [0.25, 0.3) is 5.56 Å². The lowest BCUT2D eigenvalue weighted by atomic mass is 9.87. The van der Waals surface area contributed by atoms with Gasteiger partial charge in [-0.15, -0.1) is 0 Å². The topological polar surface area (TPSA) is 88.8 Å². The van der Waals surface area contributed by atoms with Crippen molar-refractivity contribution in [1.82, 2.24) is 9.47 Å². The Balaban J connectivity index is 1.88. The molecule has 1 saturated heterocycles. The summed E-state index contributed by atoms with van der Waals surface area (Å²) < 4.78 is 19.8. The highest BCUT2D eigenvalue weighted by atomic mass is 19.1. The number of fused-ring (bicyclic) bond motifs is 4. The molecule has 0 aliphatic carbocycles. The molecule has 1 fully saturated rings. The number of amides is 1. The van der Waals surface area contributed by atoms with E-state index in [1.54, 1.807) is 28.5 Å². The predicted octanol–water partition coefficient (Wildman–Crippen LogP) is 1.73. The minimum Gasteiger partial charge on any atom is -0.469 e. The fourth-order valence-corrected chi connectivity index (χ4v) is 4.88. The van der Waals surface area contributed by atoms with E-state index in [4.69, 9.17) is 4.74 Å². The third-order valence-electron chi connectivity index (χ3n) is 6.26. The molecule has 1 aromatic heterocycles. The highest BCUT2D eigenvalue weighted by Crippen LogP contribution is 2.49. The minimum atomic E-state index is -0.759. The molecule has 3 heterocycles. The Hall–Kier alpha value is -3.00. The van der Waals surface area contributed by atoms with Crippen molar-refractivity contribution in [3.05, 3.63) is 58.3 Å². The maximum absolute atomic E-state index is 13.3. The van der Waals surface area contributed by atoms with Crippen LogP contribution in [0.25, 0.3) is 11.1 Å². The van der Waals surface area contributed by atoms with Crippen LogP contribution in [-0.2, 0) is 20.9 Å². The second-order valence-corrected chi connectivity index (χ2v) is 7.66. The van der Waals surface area contributed by atoms with Gasteiger partial charge in [-0.05, 0) is 29.8 Å². The molecule has 2 aromatic rings. The van der Waals surface area contributed by atoms with Crippen LogP contribution in [0.4, 0.5) is 4.39 Å². The first kappa shape index (κ1) is 20.3. The van der Waals surface area contributed by atoms with E-state index in [9.17, 15) is 23.9 Å². The number of carbonyl (C=O) groups is 2. The van der Waals surface area contributed by atoms with Gasteiger partial charge < -0.3 is 19.3 Å². The zero-order valence-electron chi connectivity index (χ0n) is 16.7. The molecule has 4 atom stereocenters. The lowest BCUT2D eigenvalue weighted by Crippen LogP contribution is -2.49. The van der Waals surface area contributed by atoms with Crippen LogP contribution in [0.3, 0.4) is 0 Å². The first-order valence-corrected chi connectivity index (χ1v) is 9.92. The molecule has 1 amide bonds. The molecule has 0 radical (unpaired) electrons. The number of benzene rings is 1. The summed E-state index contributed by atoms with van der Waals surface area (Å²) in [4.78, 5) is 40.3. The first-order chi connectivity index (χ1) is 14.4. The number of nitrogens with zero attached hydrogens (tertiary/aromatic N) is 2. The Labute approximate surface area is 172 Å². The summed E-state index contributed by atoms with van der Waals surface area (Å²) in [6, 6.07) is 7.84. The largest absolute Gasteiger partial charge is 0.469 e. The number of methoxy groups -OCH3 is 1. The van der Waals surface area contributed by atoms with Crippen LogP contribution in [0.15, 0.2) is 41.2 Å². The molecule has 30 heavy (non-hydrogen) atoms. The molecule has 2 aliphatic heterocycles. The molecule has 1 N–H and O–H groups in total. The number of halogens is 1. The third-order valence-corrected chi connectivity index (χ3v) is 6.26. The van der Waals surface area contributed by atoms with E-state index in [1.807, 2.05) is 0 Å². The van der Waals surface area contributed by atoms with Crippen LogP contribution < -0.4 is 5.56 Å². The third kappa shape index (κ3) is 2.94. The average Bonchev–Trinajstić information content (AvgIpc) is 3.00. The standard InChI is InChI=1S/C22H23FN2O5/c1-3-18(27)25-17-10-24-16(20(25)19(15(17)11-26)22(29)30-2)9-8-14(21(24)28)12-4-6-13(23)7-5-12/h4-9,15,17,19-20,26H,3,10-11H2,1-2H3/t15-,17-,19+,20+/m0/s1. The van der Waals surface area contributed by atoms with Crippen molar-refractivity contribution in [2.75, 3.05) is 13.7 Å². The molecule has 1 aromatic carbocycles. The maximum Gasteiger partial charge on any atom is 0.311 e. The van der Waals surface area contributed by atoms with Gasteiger partial charge in [0.05, 0.1) is 25.1 Å². The molecule has 0 saturated carbocycles. The second kappa shape index (κ2) is 7.68. The summed E-state index contributed by atoms with van der Waals surface area (Å²) in [5, 5.41) is 10.0. The molecule has 8 heteroatoms. The van der Waals surface area contributed by atoms with Crippen LogP contribution in [0.1, 0.15) is 25.1 Å². The van der Waals surface area contributed by atoms with Crippen molar-refractivity contribution < 1.29 is 23.8 Å². The van der Waals surface area contributed by atoms with Gasteiger partial charge in [-0.2, -0.15) is 0 Å². The van der Waals surface area contributed by atoms with Gasteiger partial charge in [0.15, 0.2) is 0 Å². The normalized spacial score (nSPS) is 24.5. The van der Waals surface area contributed by atoms with Gasteiger partial charge in [-0.3, -0.25) is 14.4 Å². The Morgan fingerprint density at radius 1 is 1.20 bits per heavy atom. The quantitative estimate of drug-likeness (QED) is 0.770. The summed E-state index contributed by atoms with van der Waals surface area (Å²) in [6.07, 6.45) is 0.247. The van der Waals surface area contributed by atoms with Gasteiger partial charge in [-0.25, -0.2) is 4.39 Å². The van der Waals surface area contributed by atoms with E-state index in [-0.39, 0.29) is 31.0 Å². The highest BCUT2D eigenvalue weighted by Gasteiger charge is 2.57. The smallest absolute Gasteiger partial charge is 0.311 e. The molecule has 2 aliphatic rings. The van der Waals surface area contributed by atoms with Crippen molar-refractivity contribution in [2.24, 2.45) is 11.8 Å². The van der Waals surface area contributed by atoms with E-state index < -0.39 is 35.7 Å². The van der Waals surface area contributed by atoms with E-state index >= 15 is 0 Å². The summed E-state index contributed by atoms with van der Waals surface area (Å²) in [6.45, 7) is 1.61. The molecule has 2 bridgehead atoms. The van der Waals surface area contributed by atoms with Crippen LogP contribution in [0.2, 0.25) is 0 Å². The lowest BCUT2D eigenvalue weighted by Gasteiger charge is -2.38. The molecular formula is C22H23FN2O5. The minimum absolute atomic E-state index is 0.142. The van der Waals surface area contributed by atoms with E-state index in [2.05, 4.69) is 0 Å². The Morgan fingerprint density at radius 2 is 1.90 bits per heavy atom. The van der Waals surface area contributed by atoms with E-state index in [0.717, 1.165) is 0 Å². The van der Waals surface area contributed by atoms with Crippen molar-refractivity contribution in [1.29, 1.82) is 0 Å². The SMILES string of the molecule is CCC(=O)N1[C@@H]2c3ccc(-c4ccc(F)cc4)c(=O)n3C[C@H]1[C@H](CO)[C@H]2C(=O)OC. The summed E-state index contributed by atoms with van der Waals surface area (Å²) in [5.41, 5.74) is 1.25. The van der Waals surface area contributed by atoms with Gasteiger partial charge in [0.1, 0.15) is 5.82 Å². The van der Waals surface area contributed by atoms with Crippen molar-refractivity contribution in [2.45, 2.75) is 32.0 Å². The van der Waals surface area contributed by atoms with Crippen LogP contribution in [-0.4, -0.2) is 46.2 Å². The number of rotatable bonds is 4. The molecule has 158 valence electrons. The van der Waals surface area contributed by atoms with Crippen LogP contribution in [0.5, 0.6) is 0 Å². The summed E-state index contributed by atoms with van der Waals surface area (Å²) in [5.74, 6) is -2.35. The number of hydrogen-bond donors (Lipinski definition) is 1. The predicted molar refractivity (Wildman–Crippen MR) is 106 cm³/mol. The van der Waals surface area contributed by atoms with Gasteiger partial charge in [-0.1, -0.05) is 19.1 Å². The molecule has 0 spiro atoms. The zero-order valence-corrected chi connectivity index (χ0v) is 16.7. The number of hydrogen-bond acceptors (Lipinski definition) is 5. The summed E-state index contributed by atoms with van der Waals surface area (Å²) >= 11 is 0. The van der Waals surface area contributed by atoms with Crippen molar-refractivity contribution in [3.8, 4) is 11.1 Å². The Bertz CT molecular complexity index is 1050. The van der Waals surface area contributed by atoms with Gasteiger partial charge >= 0.3 is 5.97 Å². The van der Waals surface area contributed by atoms with Crippen LogP contribution in [0, 0.1) is 17.7 Å². The fourth-order valence-electron chi connectivity index (χ4n) is 4.88. The molecule has 4 rings (SSSR count). The first-order valence-electron chi connectivity index (χ1n) is 9.92. The second-order valence-electron chi connectivity index (χ2n) is 7.66. The molecule has 0 unspecified atom stereocenters. The van der Waals surface area contributed by atoms with Crippen LogP contribution >= 0.6 is 0 Å². The maximum atomic E-state index is 13.3. The van der Waals surface area contributed by atoms with Gasteiger partial charge in [0.2, 0.25) is 5.91 Å². The number of aliphatic hydroxyl groups excluding tert-OH is 1.